The highest BCUT2D eigenvalue weighted by atomic mass is 32.2. The summed E-state index contributed by atoms with van der Waals surface area (Å²) in [5.74, 6) is -0.481. The van der Waals surface area contributed by atoms with Gasteiger partial charge in [0.05, 0.1) is 34.1 Å². The number of nitrogens with zero attached hydrogens (tertiary/aromatic N) is 2. The summed E-state index contributed by atoms with van der Waals surface area (Å²) in [7, 11) is 1.92. The number of nitrogens with one attached hydrogen (secondary N) is 1. The van der Waals surface area contributed by atoms with Crippen molar-refractivity contribution in [2.24, 2.45) is 7.05 Å². The molecule has 140 valence electrons. The van der Waals surface area contributed by atoms with Gasteiger partial charge in [-0.3, -0.25) is 4.79 Å². The topological polar surface area (TPSA) is 73.2 Å². The number of hydrogen-bond acceptors (Lipinski definition) is 5. The molecule has 0 aliphatic heterocycles. The standard InChI is InChI=1S/C20H21N3O3S/c1-13(2)26-19(25)14-8-4-5-9-15(14)21-18(24)12-27-20-22-16-10-6-7-11-17(16)23(20)3/h4-11,13H,12H2,1-3H3,(H,21,24). The predicted octanol–water partition coefficient (Wildman–Crippen LogP) is 3.87. The third-order valence-electron chi connectivity index (χ3n) is 3.84. The van der Waals surface area contributed by atoms with Crippen LogP contribution in [0.4, 0.5) is 5.69 Å². The lowest BCUT2D eigenvalue weighted by atomic mass is 10.2. The fourth-order valence-corrected chi connectivity index (χ4v) is 3.40. The molecule has 0 saturated heterocycles. The Labute approximate surface area is 161 Å². The number of ether oxygens (including phenoxy) is 1. The second-order valence-corrected chi connectivity index (χ2v) is 7.22. The van der Waals surface area contributed by atoms with Crippen molar-refractivity contribution in [2.75, 3.05) is 11.1 Å². The molecule has 0 aliphatic carbocycles. The Kier molecular flexibility index (Phi) is 5.81. The zero-order chi connectivity index (χ0) is 19.4. The van der Waals surface area contributed by atoms with Gasteiger partial charge in [0.25, 0.3) is 0 Å². The van der Waals surface area contributed by atoms with E-state index < -0.39 is 5.97 Å². The van der Waals surface area contributed by atoms with Gasteiger partial charge in [0, 0.05) is 7.05 Å². The zero-order valence-electron chi connectivity index (χ0n) is 15.4. The van der Waals surface area contributed by atoms with Crippen LogP contribution in [0.2, 0.25) is 0 Å². The molecule has 3 aromatic rings. The van der Waals surface area contributed by atoms with Gasteiger partial charge < -0.3 is 14.6 Å². The van der Waals surface area contributed by atoms with E-state index in [2.05, 4.69) is 10.3 Å². The molecule has 27 heavy (non-hydrogen) atoms. The summed E-state index contributed by atoms with van der Waals surface area (Å²) in [5, 5.41) is 3.55. The van der Waals surface area contributed by atoms with E-state index in [1.807, 2.05) is 35.9 Å². The van der Waals surface area contributed by atoms with E-state index in [-0.39, 0.29) is 17.8 Å². The van der Waals surface area contributed by atoms with Crippen molar-refractivity contribution in [1.82, 2.24) is 9.55 Å². The van der Waals surface area contributed by atoms with Crippen molar-refractivity contribution >= 4 is 40.4 Å². The number of esters is 1. The first kappa shape index (κ1) is 19.0. The largest absolute Gasteiger partial charge is 0.459 e. The predicted molar refractivity (Wildman–Crippen MR) is 107 cm³/mol. The Morgan fingerprint density at radius 1 is 1.15 bits per heavy atom. The molecule has 0 aliphatic rings. The van der Waals surface area contributed by atoms with Crippen molar-refractivity contribution in [3.8, 4) is 0 Å². The van der Waals surface area contributed by atoms with Gasteiger partial charge in [0.2, 0.25) is 5.91 Å². The second kappa shape index (κ2) is 8.26. The number of benzene rings is 2. The molecule has 6 nitrogen and oxygen atoms in total. The van der Waals surface area contributed by atoms with Gasteiger partial charge in [-0.2, -0.15) is 0 Å². The van der Waals surface area contributed by atoms with Gasteiger partial charge >= 0.3 is 5.97 Å². The molecule has 1 amide bonds. The van der Waals surface area contributed by atoms with Crippen LogP contribution in [0.25, 0.3) is 11.0 Å². The summed E-state index contributed by atoms with van der Waals surface area (Å²) in [6.07, 6.45) is -0.227. The molecule has 0 unspecified atom stereocenters. The van der Waals surface area contributed by atoms with Gasteiger partial charge in [0.1, 0.15) is 0 Å². The Bertz CT molecular complexity index is 982. The van der Waals surface area contributed by atoms with Crippen LogP contribution in [-0.2, 0) is 16.6 Å². The third kappa shape index (κ3) is 4.49. The van der Waals surface area contributed by atoms with Crippen LogP contribution in [0, 0.1) is 0 Å². The number of aryl methyl sites for hydroxylation is 1. The van der Waals surface area contributed by atoms with Crippen LogP contribution in [0.3, 0.4) is 0 Å². The lowest BCUT2D eigenvalue weighted by Gasteiger charge is -2.12. The van der Waals surface area contributed by atoms with Crippen LogP contribution >= 0.6 is 11.8 Å². The average molecular weight is 383 g/mol. The van der Waals surface area contributed by atoms with Crippen molar-refractivity contribution in [2.45, 2.75) is 25.1 Å². The van der Waals surface area contributed by atoms with E-state index in [4.69, 9.17) is 4.74 Å². The summed E-state index contributed by atoms with van der Waals surface area (Å²) in [6, 6.07) is 14.6. The second-order valence-electron chi connectivity index (χ2n) is 6.28. The molecular formula is C20H21N3O3S. The van der Waals surface area contributed by atoms with Crippen LogP contribution in [0.15, 0.2) is 53.7 Å². The molecule has 3 rings (SSSR count). The molecule has 0 saturated carbocycles. The maximum absolute atomic E-state index is 12.4. The summed E-state index contributed by atoms with van der Waals surface area (Å²) in [6.45, 7) is 3.57. The minimum Gasteiger partial charge on any atom is -0.459 e. The number of carbonyl (C=O) groups is 2. The number of hydrogen-bond donors (Lipinski definition) is 1. The Morgan fingerprint density at radius 2 is 1.85 bits per heavy atom. The summed E-state index contributed by atoms with van der Waals surface area (Å²) < 4.78 is 7.19. The third-order valence-corrected chi connectivity index (χ3v) is 4.87. The Morgan fingerprint density at radius 3 is 2.59 bits per heavy atom. The van der Waals surface area contributed by atoms with Gasteiger partial charge in [-0.05, 0) is 38.1 Å². The Balaban J connectivity index is 1.67. The first-order valence-corrected chi connectivity index (χ1v) is 9.58. The van der Waals surface area contributed by atoms with E-state index in [1.54, 1.807) is 38.1 Å². The first-order chi connectivity index (χ1) is 13.0. The van der Waals surface area contributed by atoms with Crippen LogP contribution in [0.1, 0.15) is 24.2 Å². The molecule has 0 bridgehead atoms. The average Bonchev–Trinajstić information content (AvgIpc) is 2.96. The molecule has 1 N–H and O–H groups in total. The fraction of sp³-hybridized carbons (Fsp3) is 0.250. The molecule has 0 atom stereocenters. The number of aromatic nitrogens is 2. The molecule has 0 fully saturated rings. The van der Waals surface area contributed by atoms with E-state index in [0.717, 1.165) is 16.2 Å². The highest BCUT2D eigenvalue weighted by Gasteiger charge is 2.16. The summed E-state index contributed by atoms with van der Waals surface area (Å²) in [4.78, 5) is 29.1. The first-order valence-electron chi connectivity index (χ1n) is 8.60. The maximum Gasteiger partial charge on any atom is 0.340 e. The zero-order valence-corrected chi connectivity index (χ0v) is 16.2. The lowest BCUT2D eigenvalue weighted by Crippen LogP contribution is -2.19. The SMILES string of the molecule is CC(C)OC(=O)c1ccccc1NC(=O)CSc1nc2ccccc2n1C. The summed E-state index contributed by atoms with van der Waals surface area (Å²) >= 11 is 1.35. The number of fused-ring (bicyclic) bond motifs is 1. The fourth-order valence-electron chi connectivity index (χ4n) is 2.62. The van der Waals surface area contributed by atoms with Crippen LogP contribution in [0.5, 0.6) is 0 Å². The number of imidazole rings is 1. The number of thioether (sulfide) groups is 1. The molecule has 1 aromatic heterocycles. The van der Waals surface area contributed by atoms with Crippen molar-refractivity contribution in [3.05, 3.63) is 54.1 Å². The number of rotatable bonds is 6. The highest BCUT2D eigenvalue weighted by molar-refractivity contribution is 7.99. The van der Waals surface area contributed by atoms with Crippen molar-refractivity contribution in [3.63, 3.8) is 0 Å². The van der Waals surface area contributed by atoms with Crippen molar-refractivity contribution < 1.29 is 14.3 Å². The molecular weight excluding hydrogens is 362 g/mol. The molecule has 0 spiro atoms. The van der Waals surface area contributed by atoms with Gasteiger partial charge in [0.15, 0.2) is 5.16 Å². The minimum absolute atomic E-state index is 0.185. The number of anilines is 1. The monoisotopic (exact) mass is 383 g/mol. The minimum atomic E-state index is -0.455. The van der Waals surface area contributed by atoms with Gasteiger partial charge in [-0.1, -0.05) is 36.0 Å². The smallest absolute Gasteiger partial charge is 0.340 e. The molecule has 1 heterocycles. The molecule has 7 heteroatoms. The highest BCUT2D eigenvalue weighted by Crippen LogP contribution is 2.23. The van der Waals surface area contributed by atoms with E-state index in [9.17, 15) is 9.59 Å². The van der Waals surface area contributed by atoms with E-state index >= 15 is 0 Å². The quantitative estimate of drug-likeness (QED) is 0.517. The number of carbonyl (C=O) groups excluding carboxylic acids is 2. The maximum atomic E-state index is 12.4. The molecule has 2 aromatic carbocycles. The lowest BCUT2D eigenvalue weighted by molar-refractivity contribution is -0.113. The van der Waals surface area contributed by atoms with Crippen LogP contribution < -0.4 is 5.32 Å². The molecule has 0 radical (unpaired) electrons. The normalized spacial score (nSPS) is 11.0. The summed E-state index contributed by atoms with van der Waals surface area (Å²) in [5.41, 5.74) is 2.69. The van der Waals surface area contributed by atoms with Gasteiger partial charge in [-0.25, -0.2) is 9.78 Å². The van der Waals surface area contributed by atoms with Gasteiger partial charge in [-0.15, -0.1) is 0 Å². The van der Waals surface area contributed by atoms with E-state index in [1.165, 1.54) is 11.8 Å². The number of amides is 1. The van der Waals surface area contributed by atoms with E-state index in [0.29, 0.717) is 11.3 Å². The van der Waals surface area contributed by atoms with Crippen molar-refractivity contribution in [1.29, 1.82) is 0 Å². The number of para-hydroxylation sites is 3. The van der Waals surface area contributed by atoms with Crippen LogP contribution in [-0.4, -0.2) is 33.3 Å². The Hall–Kier alpha value is -2.80.